The number of esters is 1. The minimum atomic E-state index is -3.57. The maximum Gasteiger partial charge on any atom is 0.308 e. The number of ether oxygens (including phenoxy) is 1. The number of hydrogen-bond donors (Lipinski definition) is 1. The van der Waals surface area contributed by atoms with Gasteiger partial charge in [-0.15, -0.1) is 0 Å². The lowest BCUT2D eigenvalue weighted by atomic mass is 10.2. The quantitative estimate of drug-likeness (QED) is 0.818. The Kier molecular flexibility index (Phi) is 4.23. The highest BCUT2D eigenvalue weighted by molar-refractivity contribution is 7.90. The summed E-state index contributed by atoms with van der Waals surface area (Å²) >= 11 is 0. The number of fused-ring (bicyclic) bond motifs is 1. The van der Waals surface area contributed by atoms with Crippen molar-refractivity contribution in [3.05, 3.63) is 29.8 Å². The summed E-state index contributed by atoms with van der Waals surface area (Å²) in [7, 11) is -3.57. The molecule has 1 aromatic rings. The summed E-state index contributed by atoms with van der Waals surface area (Å²) in [5, 5.41) is 8.52. The first-order valence-electron chi connectivity index (χ1n) is 6.20. The summed E-state index contributed by atoms with van der Waals surface area (Å²) in [6, 6.07) is 8.25. The number of nitrogens with one attached hydrogen (secondary N) is 1. The molecular formula is C13H13N3O4S. The van der Waals surface area contributed by atoms with Crippen molar-refractivity contribution in [2.75, 3.05) is 6.54 Å². The number of rotatable bonds is 4. The topological polar surface area (TPSA) is 109 Å². The number of nitrogens with zero attached hydrogens (tertiary/aromatic N) is 2. The average molecular weight is 307 g/mol. The van der Waals surface area contributed by atoms with Crippen molar-refractivity contribution < 1.29 is 17.9 Å². The predicted octanol–water partition coefficient (Wildman–Crippen LogP) is 0.570. The van der Waals surface area contributed by atoms with E-state index in [9.17, 15) is 13.2 Å². The minimum absolute atomic E-state index is 0.0284. The maximum atomic E-state index is 11.8. The summed E-state index contributed by atoms with van der Waals surface area (Å²) < 4.78 is 30.8. The second kappa shape index (κ2) is 5.93. The second-order valence-electron chi connectivity index (χ2n) is 4.34. The Balaban J connectivity index is 2.05. The Hall–Kier alpha value is -2.40. The molecule has 2 rings (SSSR count). The van der Waals surface area contributed by atoms with Crippen molar-refractivity contribution in [3.63, 3.8) is 0 Å². The van der Waals surface area contributed by atoms with E-state index in [2.05, 4.69) is 9.71 Å². The molecule has 8 heteroatoms. The molecule has 7 nitrogen and oxygen atoms in total. The van der Waals surface area contributed by atoms with Gasteiger partial charge >= 0.3 is 5.97 Å². The van der Waals surface area contributed by atoms with Crippen molar-refractivity contribution in [3.8, 4) is 6.07 Å². The van der Waals surface area contributed by atoms with E-state index < -0.39 is 22.1 Å². The van der Waals surface area contributed by atoms with Crippen molar-refractivity contribution >= 4 is 21.8 Å². The summed E-state index contributed by atoms with van der Waals surface area (Å²) in [4.78, 5) is 15.6. The SMILES string of the molecule is C[C@@H](C#N)OC(=O)CCN=C1NS(=O)(=O)c2ccccc21. The van der Waals surface area contributed by atoms with Crippen molar-refractivity contribution in [1.82, 2.24) is 4.72 Å². The number of hydrogen-bond acceptors (Lipinski definition) is 6. The van der Waals surface area contributed by atoms with Crippen LogP contribution in [0.1, 0.15) is 18.9 Å². The number of benzene rings is 1. The van der Waals surface area contributed by atoms with E-state index in [4.69, 9.17) is 10.00 Å². The Morgan fingerprint density at radius 3 is 2.90 bits per heavy atom. The van der Waals surface area contributed by atoms with Gasteiger partial charge < -0.3 is 4.74 Å². The fourth-order valence-corrected chi connectivity index (χ4v) is 3.04. The minimum Gasteiger partial charge on any atom is -0.447 e. The van der Waals surface area contributed by atoms with E-state index in [-0.39, 0.29) is 23.7 Å². The molecule has 0 bridgehead atoms. The normalized spacial score (nSPS) is 18.4. The molecule has 0 unspecified atom stereocenters. The molecule has 0 saturated heterocycles. The van der Waals surface area contributed by atoms with Crippen molar-refractivity contribution in [1.29, 1.82) is 5.26 Å². The predicted molar refractivity (Wildman–Crippen MR) is 74.0 cm³/mol. The molecule has 21 heavy (non-hydrogen) atoms. The molecule has 1 atom stereocenters. The highest BCUT2D eigenvalue weighted by Gasteiger charge is 2.29. The van der Waals surface area contributed by atoms with Crippen LogP contribution in [0.25, 0.3) is 0 Å². The zero-order chi connectivity index (χ0) is 15.5. The highest BCUT2D eigenvalue weighted by Crippen LogP contribution is 2.22. The van der Waals surface area contributed by atoms with E-state index in [1.807, 2.05) is 0 Å². The Morgan fingerprint density at radius 1 is 1.48 bits per heavy atom. The van der Waals surface area contributed by atoms with Crippen LogP contribution in [0.4, 0.5) is 0 Å². The molecular weight excluding hydrogens is 294 g/mol. The fourth-order valence-electron chi connectivity index (χ4n) is 1.79. The largest absolute Gasteiger partial charge is 0.447 e. The number of carbonyl (C=O) groups is 1. The van der Waals surface area contributed by atoms with Gasteiger partial charge in [0.25, 0.3) is 10.0 Å². The lowest BCUT2D eigenvalue weighted by Gasteiger charge is -2.04. The average Bonchev–Trinajstić information content (AvgIpc) is 2.71. The smallest absolute Gasteiger partial charge is 0.308 e. The zero-order valence-corrected chi connectivity index (χ0v) is 12.1. The monoisotopic (exact) mass is 307 g/mol. The molecule has 1 aromatic carbocycles. The van der Waals surface area contributed by atoms with Crippen LogP contribution in [0.2, 0.25) is 0 Å². The van der Waals surface area contributed by atoms with Gasteiger partial charge in [0.1, 0.15) is 11.9 Å². The molecule has 1 heterocycles. The van der Waals surface area contributed by atoms with Gasteiger partial charge in [-0.2, -0.15) is 5.26 Å². The molecule has 1 aliphatic rings. The number of sulfonamides is 1. The van der Waals surface area contributed by atoms with Gasteiger partial charge in [-0.25, -0.2) is 8.42 Å². The van der Waals surface area contributed by atoms with Crippen LogP contribution in [0.15, 0.2) is 34.2 Å². The highest BCUT2D eigenvalue weighted by atomic mass is 32.2. The number of carbonyl (C=O) groups excluding carboxylic acids is 1. The Morgan fingerprint density at radius 2 is 2.19 bits per heavy atom. The van der Waals surface area contributed by atoms with Gasteiger partial charge in [0.15, 0.2) is 6.10 Å². The van der Waals surface area contributed by atoms with Crippen molar-refractivity contribution in [2.45, 2.75) is 24.3 Å². The van der Waals surface area contributed by atoms with Crippen LogP contribution in [0, 0.1) is 11.3 Å². The second-order valence-corrected chi connectivity index (χ2v) is 5.99. The fraction of sp³-hybridized carbons (Fsp3) is 0.308. The first-order chi connectivity index (χ1) is 9.94. The molecule has 110 valence electrons. The molecule has 0 aliphatic carbocycles. The summed E-state index contributed by atoms with van der Waals surface area (Å²) in [6.45, 7) is 1.54. The van der Waals surface area contributed by atoms with Gasteiger partial charge in [-0.3, -0.25) is 14.5 Å². The van der Waals surface area contributed by atoms with Crippen LogP contribution in [0.3, 0.4) is 0 Å². The Labute approximate surface area is 122 Å². The van der Waals surface area contributed by atoms with Crippen LogP contribution >= 0.6 is 0 Å². The number of nitriles is 1. The van der Waals surface area contributed by atoms with Crippen LogP contribution in [0.5, 0.6) is 0 Å². The third-order valence-corrected chi connectivity index (χ3v) is 4.14. The zero-order valence-electron chi connectivity index (χ0n) is 11.2. The van der Waals surface area contributed by atoms with Gasteiger partial charge in [0, 0.05) is 5.56 Å². The lowest BCUT2D eigenvalue weighted by Crippen LogP contribution is -2.22. The standard InChI is InChI=1S/C13H13N3O4S/c1-9(8-14)20-12(17)6-7-15-13-10-4-2-3-5-11(10)21(18,19)16-13/h2-5,9H,6-7H2,1H3,(H,15,16)/t9-/m0/s1. The van der Waals surface area contributed by atoms with Gasteiger partial charge in [-0.1, -0.05) is 12.1 Å². The van der Waals surface area contributed by atoms with Crippen LogP contribution in [-0.4, -0.2) is 32.9 Å². The molecule has 0 fully saturated rings. The third-order valence-electron chi connectivity index (χ3n) is 2.74. The molecule has 1 aliphatic heterocycles. The van der Waals surface area contributed by atoms with Gasteiger partial charge in [0.05, 0.1) is 17.9 Å². The van der Waals surface area contributed by atoms with E-state index in [1.54, 1.807) is 24.3 Å². The Bertz CT molecular complexity index is 734. The number of amidine groups is 1. The van der Waals surface area contributed by atoms with Gasteiger partial charge in [0.2, 0.25) is 0 Å². The summed E-state index contributed by atoms with van der Waals surface area (Å²) in [6.07, 6.45) is -0.838. The van der Waals surface area contributed by atoms with Gasteiger partial charge in [-0.05, 0) is 19.1 Å². The maximum absolute atomic E-state index is 11.8. The summed E-state index contributed by atoms with van der Waals surface area (Å²) in [5.41, 5.74) is 0.483. The first-order valence-corrected chi connectivity index (χ1v) is 7.68. The van der Waals surface area contributed by atoms with Crippen LogP contribution in [-0.2, 0) is 19.6 Å². The third kappa shape index (κ3) is 3.38. The summed E-state index contributed by atoms with van der Waals surface area (Å²) in [5.74, 6) is -0.339. The molecule has 0 radical (unpaired) electrons. The van der Waals surface area contributed by atoms with E-state index in [0.717, 1.165) is 0 Å². The molecule has 1 N–H and O–H groups in total. The van der Waals surface area contributed by atoms with Crippen LogP contribution < -0.4 is 4.72 Å². The first kappa shape index (κ1) is 15.0. The lowest BCUT2D eigenvalue weighted by molar-refractivity contribution is -0.145. The van der Waals surface area contributed by atoms with E-state index >= 15 is 0 Å². The number of aliphatic imine (C=N–C) groups is 1. The molecule has 0 spiro atoms. The molecule has 0 saturated carbocycles. The molecule has 0 amide bonds. The van der Waals surface area contributed by atoms with Crippen molar-refractivity contribution in [2.24, 2.45) is 4.99 Å². The molecule has 0 aromatic heterocycles. The van der Waals surface area contributed by atoms with E-state index in [1.165, 1.54) is 13.0 Å². The van der Waals surface area contributed by atoms with E-state index in [0.29, 0.717) is 5.56 Å².